The summed E-state index contributed by atoms with van der Waals surface area (Å²) in [5, 5.41) is 5.51. The lowest BCUT2D eigenvalue weighted by molar-refractivity contribution is -0.141. The van der Waals surface area contributed by atoms with Crippen LogP contribution in [0.5, 0.6) is 0 Å². The summed E-state index contributed by atoms with van der Waals surface area (Å²) in [7, 11) is 1.37. The van der Waals surface area contributed by atoms with Gasteiger partial charge in [-0.1, -0.05) is 18.2 Å². The Morgan fingerprint density at radius 2 is 2.10 bits per heavy atom. The Balaban J connectivity index is 2.16. The third-order valence-electron chi connectivity index (χ3n) is 3.10. The van der Waals surface area contributed by atoms with Gasteiger partial charge < -0.3 is 4.74 Å². The Morgan fingerprint density at radius 3 is 2.85 bits per heavy atom. The number of carbonyl (C=O) groups is 1. The van der Waals surface area contributed by atoms with Gasteiger partial charge in [-0.3, -0.25) is 14.5 Å². The summed E-state index contributed by atoms with van der Waals surface area (Å²) in [4.78, 5) is 15.6. The van der Waals surface area contributed by atoms with Gasteiger partial charge in [0.1, 0.15) is 12.2 Å². The number of para-hydroxylation sites is 1. The second-order valence-electron chi connectivity index (χ2n) is 4.34. The van der Waals surface area contributed by atoms with Crippen molar-refractivity contribution in [3.63, 3.8) is 0 Å². The van der Waals surface area contributed by atoms with Crippen molar-refractivity contribution in [2.75, 3.05) is 7.11 Å². The molecule has 0 N–H and O–H groups in total. The average molecular weight is 267 g/mol. The molecule has 2 aromatic heterocycles. The van der Waals surface area contributed by atoms with Crippen LogP contribution in [0.4, 0.5) is 0 Å². The number of nitrogens with zero attached hydrogens (tertiary/aromatic N) is 3. The number of pyridine rings is 1. The molecule has 20 heavy (non-hydrogen) atoms. The predicted octanol–water partition coefficient (Wildman–Crippen LogP) is 2.27. The lowest BCUT2D eigenvalue weighted by Crippen LogP contribution is -2.12. The van der Waals surface area contributed by atoms with E-state index in [0.29, 0.717) is 0 Å². The molecule has 3 rings (SSSR count). The minimum absolute atomic E-state index is 0.0945. The molecule has 1 aromatic carbocycles. The van der Waals surface area contributed by atoms with Crippen LogP contribution in [0.25, 0.3) is 22.2 Å². The van der Waals surface area contributed by atoms with Gasteiger partial charge in [-0.25, -0.2) is 0 Å². The van der Waals surface area contributed by atoms with E-state index < -0.39 is 0 Å². The van der Waals surface area contributed by atoms with E-state index in [0.717, 1.165) is 22.2 Å². The van der Waals surface area contributed by atoms with Crippen LogP contribution in [0, 0.1) is 0 Å². The molecule has 0 atom stereocenters. The summed E-state index contributed by atoms with van der Waals surface area (Å²) in [5.41, 5.74) is 2.64. The molecule has 5 nitrogen and oxygen atoms in total. The highest BCUT2D eigenvalue weighted by molar-refractivity contribution is 5.93. The Morgan fingerprint density at radius 1 is 1.25 bits per heavy atom. The molecule has 0 bridgehead atoms. The van der Waals surface area contributed by atoms with E-state index in [2.05, 4.69) is 10.1 Å². The number of hydrogen-bond donors (Lipinski definition) is 0. The highest BCUT2D eigenvalue weighted by Crippen LogP contribution is 2.27. The van der Waals surface area contributed by atoms with E-state index in [1.165, 1.54) is 7.11 Å². The number of carbonyl (C=O) groups excluding carboxylic acids is 1. The molecule has 100 valence electrons. The van der Waals surface area contributed by atoms with Crippen LogP contribution >= 0.6 is 0 Å². The Bertz CT molecular complexity index is 750. The zero-order valence-electron chi connectivity index (χ0n) is 11.0. The maximum absolute atomic E-state index is 11.5. The average Bonchev–Trinajstić information content (AvgIpc) is 2.87. The molecule has 2 heterocycles. The van der Waals surface area contributed by atoms with Gasteiger partial charge in [0.2, 0.25) is 0 Å². The van der Waals surface area contributed by atoms with Gasteiger partial charge in [0.05, 0.1) is 12.6 Å². The van der Waals surface area contributed by atoms with E-state index in [9.17, 15) is 4.79 Å². The molecule has 0 saturated heterocycles. The highest BCUT2D eigenvalue weighted by Gasteiger charge is 2.14. The maximum Gasteiger partial charge on any atom is 0.327 e. The van der Waals surface area contributed by atoms with Crippen LogP contribution in [0.1, 0.15) is 0 Å². The Labute approximate surface area is 115 Å². The first kappa shape index (κ1) is 12.3. The lowest BCUT2D eigenvalue weighted by atomic mass is 10.1. The largest absolute Gasteiger partial charge is 0.468 e. The fraction of sp³-hybridized carbons (Fsp3) is 0.133. The van der Waals surface area contributed by atoms with E-state index in [4.69, 9.17) is 4.74 Å². The first-order valence-electron chi connectivity index (χ1n) is 6.22. The van der Waals surface area contributed by atoms with Gasteiger partial charge in [-0.2, -0.15) is 5.10 Å². The first-order chi connectivity index (χ1) is 9.79. The zero-order chi connectivity index (χ0) is 13.9. The number of esters is 1. The summed E-state index contributed by atoms with van der Waals surface area (Å²) in [5.74, 6) is -0.323. The monoisotopic (exact) mass is 267 g/mol. The minimum atomic E-state index is -0.323. The maximum atomic E-state index is 11.5. The lowest BCUT2D eigenvalue weighted by Gasteiger charge is -2.00. The molecular formula is C15H13N3O2. The topological polar surface area (TPSA) is 57.0 Å². The van der Waals surface area contributed by atoms with Gasteiger partial charge >= 0.3 is 5.97 Å². The molecule has 0 aliphatic carbocycles. The minimum Gasteiger partial charge on any atom is -0.468 e. The third-order valence-corrected chi connectivity index (χ3v) is 3.10. The van der Waals surface area contributed by atoms with Crippen LogP contribution in [0.2, 0.25) is 0 Å². The molecule has 0 unspecified atom stereocenters. The number of aromatic nitrogens is 3. The second kappa shape index (κ2) is 5.13. The number of fused-ring (bicyclic) bond motifs is 1. The van der Waals surface area contributed by atoms with Crippen molar-refractivity contribution in [2.45, 2.75) is 6.54 Å². The molecule has 0 spiro atoms. The molecule has 0 saturated carbocycles. The van der Waals surface area contributed by atoms with Crippen molar-refractivity contribution in [2.24, 2.45) is 0 Å². The molecule has 0 amide bonds. The smallest absolute Gasteiger partial charge is 0.327 e. The molecule has 0 aliphatic heterocycles. The van der Waals surface area contributed by atoms with E-state index >= 15 is 0 Å². The molecular weight excluding hydrogens is 254 g/mol. The van der Waals surface area contributed by atoms with E-state index in [1.54, 1.807) is 17.1 Å². The molecule has 5 heteroatoms. The normalized spacial score (nSPS) is 10.7. The second-order valence-corrected chi connectivity index (χ2v) is 4.34. The summed E-state index contributed by atoms with van der Waals surface area (Å²) >= 11 is 0. The Kier molecular flexibility index (Phi) is 3.16. The van der Waals surface area contributed by atoms with Gasteiger partial charge in [0, 0.05) is 23.3 Å². The van der Waals surface area contributed by atoms with Gasteiger partial charge in [-0.05, 0) is 18.2 Å². The predicted molar refractivity (Wildman–Crippen MR) is 75.0 cm³/mol. The van der Waals surface area contributed by atoms with Crippen molar-refractivity contribution in [3.05, 3.63) is 48.8 Å². The van der Waals surface area contributed by atoms with Crippen LogP contribution in [-0.4, -0.2) is 27.8 Å². The van der Waals surface area contributed by atoms with Gasteiger partial charge in [-0.15, -0.1) is 0 Å². The first-order valence-corrected chi connectivity index (χ1v) is 6.22. The van der Waals surface area contributed by atoms with Gasteiger partial charge in [0.15, 0.2) is 0 Å². The Hall–Kier alpha value is -2.69. The summed E-state index contributed by atoms with van der Waals surface area (Å²) in [6, 6.07) is 11.6. The van der Waals surface area contributed by atoms with Crippen molar-refractivity contribution in [3.8, 4) is 11.3 Å². The molecule has 0 radical (unpaired) electrons. The number of ether oxygens (including phenoxy) is 1. The number of rotatable bonds is 3. The molecule has 0 aliphatic rings. The van der Waals surface area contributed by atoms with Crippen LogP contribution in [0.15, 0.2) is 48.8 Å². The number of benzene rings is 1. The SMILES string of the molecule is COC(=O)Cn1nc(-c2cccnc2)c2ccccc21. The van der Waals surface area contributed by atoms with Crippen molar-refractivity contribution in [1.82, 2.24) is 14.8 Å². The zero-order valence-corrected chi connectivity index (χ0v) is 11.0. The molecule has 0 fully saturated rings. The van der Waals surface area contributed by atoms with Crippen LogP contribution in [-0.2, 0) is 16.1 Å². The summed E-state index contributed by atoms with van der Waals surface area (Å²) in [6.45, 7) is 0.0945. The fourth-order valence-corrected chi connectivity index (χ4v) is 2.15. The highest BCUT2D eigenvalue weighted by atomic mass is 16.5. The summed E-state index contributed by atoms with van der Waals surface area (Å²) < 4.78 is 6.36. The van der Waals surface area contributed by atoms with Crippen molar-refractivity contribution >= 4 is 16.9 Å². The number of methoxy groups -OCH3 is 1. The number of hydrogen-bond acceptors (Lipinski definition) is 4. The summed E-state index contributed by atoms with van der Waals surface area (Å²) in [6.07, 6.45) is 3.48. The standard InChI is InChI=1S/C15H13N3O2/c1-20-14(19)10-18-13-7-3-2-6-12(13)15(17-18)11-5-4-8-16-9-11/h2-9H,10H2,1H3. The molecule has 3 aromatic rings. The van der Waals surface area contributed by atoms with Crippen LogP contribution < -0.4 is 0 Å². The van der Waals surface area contributed by atoms with Crippen molar-refractivity contribution in [1.29, 1.82) is 0 Å². The van der Waals surface area contributed by atoms with Crippen molar-refractivity contribution < 1.29 is 9.53 Å². The quantitative estimate of drug-likeness (QED) is 0.683. The van der Waals surface area contributed by atoms with Crippen LogP contribution in [0.3, 0.4) is 0 Å². The van der Waals surface area contributed by atoms with Gasteiger partial charge in [0.25, 0.3) is 0 Å². The fourth-order valence-electron chi connectivity index (χ4n) is 2.15. The third kappa shape index (κ3) is 2.14. The van der Waals surface area contributed by atoms with E-state index in [1.807, 2.05) is 36.4 Å². The van der Waals surface area contributed by atoms with E-state index in [-0.39, 0.29) is 12.5 Å².